The minimum absolute atomic E-state index is 0.0503. The first-order chi connectivity index (χ1) is 6.72. The maximum atomic E-state index is 13.7. The predicted octanol–water partition coefficient (Wildman–Crippen LogP) is 3.32. The first-order valence-electron chi connectivity index (χ1n) is 4.64. The van der Waals surface area contributed by atoms with E-state index in [1.54, 1.807) is 20.8 Å². The monoisotopic (exact) mass is 277 g/mol. The molecule has 0 aliphatic rings. The van der Waals surface area contributed by atoms with Crippen molar-refractivity contribution in [3.05, 3.63) is 33.3 Å². The van der Waals surface area contributed by atoms with Gasteiger partial charge in [0.15, 0.2) is 0 Å². The number of halogens is 3. The van der Waals surface area contributed by atoms with Crippen molar-refractivity contribution in [3.8, 4) is 0 Å². The summed E-state index contributed by atoms with van der Waals surface area (Å²) in [6, 6.07) is 1.43. The molecule has 0 radical (unpaired) electrons. The van der Waals surface area contributed by atoms with Gasteiger partial charge in [0.2, 0.25) is 0 Å². The zero-order valence-electron chi connectivity index (χ0n) is 9.00. The highest BCUT2D eigenvalue weighted by Crippen LogP contribution is 2.27. The third-order valence-corrected chi connectivity index (χ3v) is 2.64. The fourth-order valence-corrected chi connectivity index (χ4v) is 1.99. The zero-order valence-corrected chi connectivity index (χ0v) is 10.6. The van der Waals surface area contributed by atoms with Crippen molar-refractivity contribution in [2.45, 2.75) is 32.7 Å². The van der Waals surface area contributed by atoms with E-state index in [0.717, 1.165) is 0 Å². The Morgan fingerprint density at radius 1 is 1.33 bits per heavy atom. The van der Waals surface area contributed by atoms with Crippen LogP contribution in [0.5, 0.6) is 0 Å². The van der Waals surface area contributed by atoms with E-state index in [9.17, 15) is 8.78 Å². The molecule has 0 spiro atoms. The van der Waals surface area contributed by atoms with Crippen molar-refractivity contribution in [1.82, 2.24) is 0 Å². The van der Waals surface area contributed by atoms with Crippen LogP contribution < -0.4 is 5.73 Å². The van der Waals surface area contributed by atoms with Crippen LogP contribution in [-0.4, -0.2) is 5.54 Å². The molecule has 0 amide bonds. The molecule has 1 rings (SSSR count). The van der Waals surface area contributed by atoms with Crippen molar-refractivity contribution in [3.63, 3.8) is 0 Å². The minimum atomic E-state index is -0.630. The van der Waals surface area contributed by atoms with Crippen LogP contribution in [0.25, 0.3) is 0 Å². The Labute approximate surface area is 96.8 Å². The summed E-state index contributed by atoms with van der Waals surface area (Å²) in [5, 5.41) is 0. The Kier molecular flexibility index (Phi) is 3.51. The summed E-state index contributed by atoms with van der Waals surface area (Å²) in [6.07, 6.45) is 0.172. The highest BCUT2D eigenvalue weighted by Gasteiger charge is 2.21. The van der Waals surface area contributed by atoms with Gasteiger partial charge in [-0.3, -0.25) is 0 Å². The number of aryl methyl sites for hydroxylation is 1. The summed E-state index contributed by atoms with van der Waals surface area (Å²) in [4.78, 5) is 0. The Hall–Kier alpha value is -0.480. The second-order valence-electron chi connectivity index (χ2n) is 4.45. The zero-order chi connectivity index (χ0) is 11.8. The molecule has 1 aromatic carbocycles. The molecule has 0 aliphatic carbocycles. The normalized spacial score (nSPS) is 11.9. The molecule has 0 saturated heterocycles. The van der Waals surface area contributed by atoms with E-state index in [2.05, 4.69) is 15.9 Å². The highest BCUT2D eigenvalue weighted by atomic mass is 79.9. The van der Waals surface area contributed by atoms with Crippen LogP contribution in [0.3, 0.4) is 0 Å². The predicted molar refractivity (Wildman–Crippen MR) is 60.8 cm³/mol. The number of nitrogens with two attached hydrogens (primary N) is 1. The summed E-state index contributed by atoms with van der Waals surface area (Å²) in [5.41, 5.74) is 5.60. The maximum Gasteiger partial charge on any atom is 0.143 e. The van der Waals surface area contributed by atoms with E-state index in [-0.39, 0.29) is 16.5 Å². The maximum absolute atomic E-state index is 13.7. The van der Waals surface area contributed by atoms with Crippen LogP contribution in [0.15, 0.2) is 10.5 Å². The molecule has 84 valence electrons. The van der Waals surface area contributed by atoms with E-state index in [1.165, 1.54) is 6.07 Å². The molecule has 0 atom stereocenters. The summed E-state index contributed by atoms with van der Waals surface area (Å²) in [7, 11) is 0. The molecule has 4 heteroatoms. The quantitative estimate of drug-likeness (QED) is 0.825. The lowest BCUT2D eigenvalue weighted by molar-refractivity contribution is 0.469. The summed E-state index contributed by atoms with van der Waals surface area (Å²) < 4.78 is 27.6. The first-order valence-corrected chi connectivity index (χ1v) is 5.43. The molecule has 0 bridgehead atoms. The van der Waals surface area contributed by atoms with Gasteiger partial charge < -0.3 is 5.73 Å². The minimum Gasteiger partial charge on any atom is -0.325 e. The van der Waals surface area contributed by atoms with Gasteiger partial charge in [0, 0.05) is 11.1 Å². The molecule has 0 aliphatic heterocycles. The Morgan fingerprint density at radius 2 is 1.87 bits per heavy atom. The Morgan fingerprint density at radius 3 is 2.33 bits per heavy atom. The molecule has 0 unspecified atom stereocenters. The average molecular weight is 278 g/mol. The first kappa shape index (κ1) is 12.6. The number of rotatable bonds is 2. The van der Waals surface area contributed by atoms with E-state index in [1.807, 2.05) is 0 Å². The number of hydrogen-bond donors (Lipinski definition) is 1. The fraction of sp³-hybridized carbons (Fsp3) is 0.455. The molecule has 0 aromatic heterocycles. The summed E-state index contributed by atoms with van der Waals surface area (Å²) >= 11 is 3.06. The van der Waals surface area contributed by atoms with Crippen LogP contribution in [0.1, 0.15) is 25.0 Å². The Balaban J connectivity index is 3.27. The van der Waals surface area contributed by atoms with Gasteiger partial charge in [-0.25, -0.2) is 8.78 Å². The smallest absolute Gasteiger partial charge is 0.143 e. The molecule has 15 heavy (non-hydrogen) atoms. The van der Waals surface area contributed by atoms with Crippen LogP contribution in [-0.2, 0) is 6.42 Å². The molecular weight excluding hydrogens is 264 g/mol. The SMILES string of the molecule is Cc1cc(Br)c(F)c(CC(C)(C)N)c1F. The fourth-order valence-electron chi connectivity index (χ4n) is 1.41. The summed E-state index contributed by atoms with van der Waals surface area (Å²) in [6.45, 7) is 5.08. The standard InChI is InChI=1S/C11H14BrF2N/c1-6-4-8(12)10(14)7(9(6)13)5-11(2,3)15/h4H,5,15H2,1-3H3. The lowest BCUT2D eigenvalue weighted by Gasteiger charge is -2.20. The lowest BCUT2D eigenvalue weighted by Crippen LogP contribution is -2.35. The van der Waals surface area contributed by atoms with Crippen LogP contribution in [0.4, 0.5) is 8.78 Å². The van der Waals surface area contributed by atoms with Crippen LogP contribution in [0, 0.1) is 18.6 Å². The molecule has 1 aromatic rings. The van der Waals surface area contributed by atoms with Gasteiger partial charge in [-0.05, 0) is 54.8 Å². The van der Waals surface area contributed by atoms with Crippen LogP contribution >= 0.6 is 15.9 Å². The summed E-state index contributed by atoms with van der Waals surface area (Å²) in [5.74, 6) is -1.06. The van der Waals surface area contributed by atoms with Gasteiger partial charge in [0.1, 0.15) is 11.6 Å². The molecule has 0 fully saturated rings. The van der Waals surface area contributed by atoms with Gasteiger partial charge in [-0.2, -0.15) is 0 Å². The van der Waals surface area contributed by atoms with Crippen LogP contribution in [0.2, 0.25) is 0 Å². The molecular formula is C11H14BrF2N. The average Bonchev–Trinajstić information content (AvgIpc) is 2.08. The van der Waals surface area contributed by atoms with Gasteiger partial charge in [-0.15, -0.1) is 0 Å². The highest BCUT2D eigenvalue weighted by molar-refractivity contribution is 9.10. The van der Waals surface area contributed by atoms with E-state index >= 15 is 0 Å². The van der Waals surface area contributed by atoms with Crippen molar-refractivity contribution in [1.29, 1.82) is 0 Å². The third-order valence-electron chi connectivity index (χ3n) is 2.06. The molecule has 0 heterocycles. The van der Waals surface area contributed by atoms with E-state index < -0.39 is 17.2 Å². The van der Waals surface area contributed by atoms with E-state index in [4.69, 9.17) is 5.73 Å². The van der Waals surface area contributed by atoms with Crippen molar-refractivity contribution >= 4 is 15.9 Å². The van der Waals surface area contributed by atoms with Crippen molar-refractivity contribution < 1.29 is 8.78 Å². The molecule has 0 saturated carbocycles. The van der Waals surface area contributed by atoms with Gasteiger partial charge in [-0.1, -0.05) is 0 Å². The molecule has 2 N–H and O–H groups in total. The Bertz CT molecular complexity index is 357. The van der Waals surface area contributed by atoms with Gasteiger partial charge >= 0.3 is 0 Å². The third kappa shape index (κ3) is 2.98. The second kappa shape index (κ2) is 4.18. The van der Waals surface area contributed by atoms with Crippen molar-refractivity contribution in [2.24, 2.45) is 5.73 Å². The number of hydrogen-bond acceptors (Lipinski definition) is 1. The molecule has 1 nitrogen and oxygen atoms in total. The van der Waals surface area contributed by atoms with Gasteiger partial charge in [0.05, 0.1) is 4.47 Å². The van der Waals surface area contributed by atoms with E-state index in [0.29, 0.717) is 5.56 Å². The topological polar surface area (TPSA) is 26.0 Å². The van der Waals surface area contributed by atoms with Gasteiger partial charge in [0.25, 0.3) is 0 Å². The van der Waals surface area contributed by atoms with Crippen molar-refractivity contribution in [2.75, 3.05) is 0 Å². The largest absolute Gasteiger partial charge is 0.325 e. The second-order valence-corrected chi connectivity index (χ2v) is 5.30. The lowest BCUT2D eigenvalue weighted by atomic mass is 9.94. The number of benzene rings is 1.